The Morgan fingerprint density at radius 1 is 1.50 bits per heavy atom. The smallest absolute Gasteiger partial charge is 0.223 e. The van der Waals surface area contributed by atoms with E-state index in [1.54, 1.807) is 0 Å². The van der Waals surface area contributed by atoms with Crippen LogP contribution in [0.25, 0.3) is 0 Å². The maximum Gasteiger partial charge on any atom is 0.223 e. The standard InChI is InChI=1S/C15H25N3O2/c1-4-18-8-7-16-14(18)13(17-15(19)11(2)3)12-5-9-20-10-6-12/h7-8,11-13H,4-6,9-10H2,1-3H3,(H,17,19). The third-order valence-electron chi connectivity index (χ3n) is 3.93. The van der Waals surface area contributed by atoms with Crippen molar-refractivity contribution < 1.29 is 9.53 Å². The maximum absolute atomic E-state index is 12.1. The van der Waals surface area contributed by atoms with E-state index in [1.807, 2.05) is 26.2 Å². The van der Waals surface area contributed by atoms with Crippen molar-refractivity contribution in [1.29, 1.82) is 0 Å². The highest BCUT2D eigenvalue weighted by atomic mass is 16.5. The van der Waals surface area contributed by atoms with Gasteiger partial charge in [-0.15, -0.1) is 0 Å². The molecule has 112 valence electrons. The van der Waals surface area contributed by atoms with Gasteiger partial charge in [-0.05, 0) is 25.7 Å². The molecular formula is C15H25N3O2. The number of hydrogen-bond acceptors (Lipinski definition) is 3. The minimum atomic E-state index is -0.0117. The zero-order chi connectivity index (χ0) is 14.5. The van der Waals surface area contributed by atoms with Crippen LogP contribution in [0.4, 0.5) is 0 Å². The van der Waals surface area contributed by atoms with Crippen molar-refractivity contribution >= 4 is 5.91 Å². The van der Waals surface area contributed by atoms with Crippen molar-refractivity contribution in [2.45, 2.75) is 46.2 Å². The molecule has 20 heavy (non-hydrogen) atoms. The Labute approximate surface area is 120 Å². The molecule has 0 aromatic carbocycles. The van der Waals surface area contributed by atoms with Crippen molar-refractivity contribution in [3.8, 4) is 0 Å². The molecule has 1 unspecified atom stereocenters. The Bertz CT molecular complexity index is 436. The van der Waals surface area contributed by atoms with Gasteiger partial charge in [0.1, 0.15) is 5.82 Å². The van der Waals surface area contributed by atoms with Crippen LogP contribution in [0, 0.1) is 11.8 Å². The summed E-state index contributed by atoms with van der Waals surface area (Å²) in [6, 6.07) is -0.0104. The molecule has 1 atom stereocenters. The predicted octanol–water partition coefficient (Wildman–Crippen LogP) is 2.14. The summed E-state index contributed by atoms with van der Waals surface area (Å²) in [7, 11) is 0. The lowest BCUT2D eigenvalue weighted by Gasteiger charge is -2.31. The van der Waals surface area contributed by atoms with Gasteiger partial charge in [-0.25, -0.2) is 4.98 Å². The Morgan fingerprint density at radius 3 is 2.80 bits per heavy atom. The number of amides is 1. The summed E-state index contributed by atoms with van der Waals surface area (Å²) in [5.41, 5.74) is 0. The Kier molecular flexibility index (Phi) is 5.17. The number of rotatable bonds is 5. The van der Waals surface area contributed by atoms with Gasteiger partial charge in [0, 0.05) is 38.1 Å². The number of hydrogen-bond donors (Lipinski definition) is 1. The number of carbonyl (C=O) groups excluding carboxylic acids is 1. The first-order valence-corrected chi connectivity index (χ1v) is 7.52. The molecule has 1 N–H and O–H groups in total. The fourth-order valence-corrected chi connectivity index (χ4v) is 2.63. The second-order valence-electron chi connectivity index (χ2n) is 5.66. The summed E-state index contributed by atoms with van der Waals surface area (Å²) in [5.74, 6) is 1.45. The zero-order valence-electron chi connectivity index (χ0n) is 12.6. The van der Waals surface area contributed by atoms with Gasteiger partial charge < -0.3 is 14.6 Å². The lowest BCUT2D eigenvalue weighted by molar-refractivity contribution is -0.125. The molecule has 0 radical (unpaired) electrons. The van der Waals surface area contributed by atoms with E-state index in [-0.39, 0.29) is 17.9 Å². The van der Waals surface area contributed by atoms with E-state index < -0.39 is 0 Å². The molecule has 1 saturated heterocycles. The van der Waals surface area contributed by atoms with E-state index in [0.717, 1.165) is 38.4 Å². The summed E-state index contributed by atoms with van der Waals surface area (Å²) < 4.78 is 7.55. The summed E-state index contributed by atoms with van der Waals surface area (Å²) in [6.07, 6.45) is 5.73. The maximum atomic E-state index is 12.1. The quantitative estimate of drug-likeness (QED) is 0.898. The number of carbonyl (C=O) groups is 1. The molecule has 1 aliphatic heterocycles. The topological polar surface area (TPSA) is 56.2 Å². The number of ether oxygens (including phenoxy) is 1. The SMILES string of the molecule is CCn1ccnc1C(NC(=O)C(C)C)C1CCOCC1. The molecule has 1 aromatic heterocycles. The van der Waals surface area contributed by atoms with Gasteiger partial charge in [0.25, 0.3) is 0 Å². The molecule has 5 nitrogen and oxygen atoms in total. The number of nitrogens with one attached hydrogen (secondary N) is 1. The molecule has 1 aliphatic rings. The largest absolute Gasteiger partial charge is 0.381 e. The molecule has 1 fully saturated rings. The number of aromatic nitrogens is 2. The van der Waals surface area contributed by atoms with Crippen LogP contribution < -0.4 is 5.32 Å². The molecule has 0 saturated carbocycles. The first-order valence-electron chi connectivity index (χ1n) is 7.52. The summed E-state index contributed by atoms with van der Waals surface area (Å²) in [4.78, 5) is 16.6. The van der Waals surface area contributed by atoms with Crippen LogP contribution in [0.15, 0.2) is 12.4 Å². The number of nitrogens with zero attached hydrogens (tertiary/aromatic N) is 2. The lowest BCUT2D eigenvalue weighted by Crippen LogP contribution is -2.39. The molecule has 0 bridgehead atoms. The minimum absolute atomic E-state index is 0.0104. The summed E-state index contributed by atoms with van der Waals surface area (Å²) in [5, 5.41) is 3.19. The van der Waals surface area contributed by atoms with Crippen molar-refractivity contribution in [3.05, 3.63) is 18.2 Å². The average Bonchev–Trinajstić information content (AvgIpc) is 2.93. The van der Waals surface area contributed by atoms with E-state index in [9.17, 15) is 4.79 Å². The van der Waals surface area contributed by atoms with E-state index in [2.05, 4.69) is 21.8 Å². The normalized spacial score (nSPS) is 18.2. The average molecular weight is 279 g/mol. The van der Waals surface area contributed by atoms with Crippen LogP contribution in [0.2, 0.25) is 0 Å². The van der Waals surface area contributed by atoms with Crippen LogP contribution in [0.3, 0.4) is 0 Å². The Balaban J connectivity index is 2.21. The first-order chi connectivity index (χ1) is 9.63. The van der Waals surface area contributed by atoms with E-state index in [1.165, 1.54) is 0 Å². The molecular weight excluding hydrogens is 254 g/mol. The van der Waals surface area contributed by atoms with Crippen LogP contribution in [-0.4, -0.2) is 28.7 Å². The van der Waals surface area contributed by atoms with E-state index in [4.69, 9.17) is 4.74 Å². The summed E-state index contributed by atoms with van der Waals surface area (Å²) >= 11 is 0. The highest BCUT2D eigenvalue weighted by molar-refractivity contribution is 5.78. The van der Waals surface area contributed by atoms with Crippen LogP contribution in [0.1, 0.15) is 45.5 Å². The zero-order valence-corrected chi connectivity index (χ0v) is 12.6. The number of aryl methyl sites for hydroxylation is 1. The van der Waals surface area contributed by atoms with Gasteiger partial charge in [0.15, 0.2) is 0 Å². The van der Waals surface area contributed by atoms with Crippen molar-refractivity contribution in [1.82, 2.24) is 14.9 Å². The third-order valence-corrected chi connectivity index (χ3v) is 3.93. The molecule has 2 heterocycles. The first kappa shape index (κ1) is 15.0. The van der Waals surface area contributed by atoms with Gasteiger partial charge in [0.2, 0.25) is 5.91 Å². The minimum Gasteiger partial charge on any atom is -0.381 e. The van der Waals surface area contributed by atoms with Crippen molar-refractivity contribution in [2.24, 2.45) is 11.8 Å². The molecule has 5 heteroatoms. The molecule has 1 amide bonds. The highest BCUT2D eigenvalue weighted by Gasteiger charge is 2.30. The van der Waals surface area contributed by atoms with Gasteiger partial charge in [-0.1, -0.05) is 13.8 Å². The van der Waals surface area contributed by atoms with E-state index >= 15 is 0 Å². The van der Waals surface area contributed by atoms with Gasteiger partial charge in [-0.3, -0.25) is 4.79 Å². The molecule has 1 aromatic rings. The lowest BCUT2D eigenvalue weighted by atomic mass is 9.90. The predicted molar refractivity (Wildman–Crippen MR) is 77.2 cm³/mol. The Hall–Kier alpha value is -1.36. The third kappa shape index (κ3) is 3.39. The van der Waals surface area contributed by atoms with Crippen molar-refractivity contribution in [2.75, 3.05) is 13.2 Å². The fraction of sp³-hybridized carbons (Fsp3) is 0.733. The number of imidazole rings is 1. The van der Waals surface area contributed by atoms with Gasteiger partial charge in [-0.2, -0.15) is 0 Å². The van der Waals surface area contributed by atoms with E-state index in [0.29, 0.717) is 5.92 Å². The molecule has 0 aliphatic carbocycles. The fourth-order valence-electron chi connectivity index (χ4n) is 2.63. The Morgan fingerprint density at radius 2 is 2.20 bits per heavy atom. The van der Waals surface area contributed by atoms with Crippen LogP contribution in [-0.2, 0) is 16.1 Å². The molecule has 2 rings (SSSR count). The van der Waals surface area contributed by atoms with Crippen LogP contribution in [0.5, 0.6) is 0 Å². The summed E-state index contributed by atoms with van der Waals surface area (Å²) in [6.45, 7) is 8.34. The highest BCUT2D eigenvalue weighted by Crippen LogP contribution is 2.29. The molecule has 0 spiro atoms. The second kappa shape index (κ2) is 6.88. The monoisotopic (exact) mass is 279 g/mol. The van der Waals surface area contributed by atoms with Gasteiger partial charge >= 0.3 is 0 Å². The van der Waals surface area contributed by atoms with Crippen LogP contribution >= 0.6 is 0 Å². The van der Waals surface area contributed by atoms with Gasteiger partial charge in [0.05, 0.1) is 6.04 Å². The second-order valence-corrected chi connectivity index (χ2v) is 5.66. The van der Waals surface area contributed by atoms with Crippen molar-refractivity contribution in [3.63, 3.8) is 0 Å².